The fourth-order valence-electron chi connectivity index (χ4n) is 2.42. The van der Waals surface area contributed by atoms with Crippen molar-refractivity contribution in [2.24, 2.45) is 0 Å². The van der Waals surface area contributed by atoms with Gasteiger partial charge in [-0.15, -0.1) is 0 Å². The van der Waals surface area contributed by atoms with E-state index in [0.29, 0.717) is 6.61 Å². The summed E-state index contributed by atoms with van der Waals surface area (Å²) in [5, 5.41) is 3.39. The molecule has 0 bridgehead atoms. The molecule has 2 aromatic carbocycles. The van der Waals surface area contributed by atoms with Gasteiger partial charge in [0.05, 0.1) is 12.6 Å². The molecule has 1 unspecified atom stereocenters. The molecule has 0 aliphatic rings. The molecule has 2 rings (SSSR count). The first kappa shape index (κ1) is 14.6. The Labute approximate surface area is 121 Å². The molecular formula is C18H23NO. The molecule has 0 saturated heterocycles. The third-order valence-electron chi connectivity index (χ3n) is 3.51. The molecular weight excluding hydrogens is 246 g/mol. The maximum Gasteiger partial charge on any atom is 0.119 e. The highest BCUT2D eigenvalue weighted by Gasteiger charge is 2.12. The van der Waals surface area contributed by atoms with Gasteiger partial charge in [0.2, 0.25) is 0 Å². The van der Waals surface area contributed by atoms with Crippen LogP contribution in [0.15, 0.2) is 48.5 Å². The minimum Gasteiger partial charge on any atom is -0.494 e. The molecule has 0 aromatic heterocycles. The second kappa shape index (κ2) is 7.11. The molecule has 2 heteroatoms. The Hall–Kier alpha value is -1.80. The topological polar surface area (TPSA) is 21.3 Å². The number of aryl methyl sites for hydroxylation is 1. The lowest BCUT2D eigenvalue weighted by Crippen LogP contribution is -2.17. The van der Waals surface area contributed by atoms with E-state index < -0.39 is 0 Å². The average molecular weight is 269 g/mol. The Balaban J connectivity index is 2.28. The van der Waals surface area contributed by atoms with Gasteiger partial charge in [0.25, 0.3) is 0 Å². The van der Waals surface area contributed by atoms with Gasteiger partial charge in [0, 0.05) is 0 Å². The van der Waals surface area contributed by atoms with E-state index >= 15 is 0 Å². The SMILES string of the molecule is CCOc1cccc(C(NC)c2ccc(CC)cc2)c1. The monoisotopic (exact) mass is 269 g/mol. The lowest BCUT2D eigenvalue weighted by molar-refractivity contribution is 0.339. The number of benzene rings is 2. The van der Waals surface area contributed by atoms with Crippen LogP contribution in [0, 0.1) is 0 Å². The molecule has 2 aromatic rings. The third-order valence-corrected chi connectivity index (χ3v) is 3.51. The van der Waals surface area contributed by atoms with Crippen molar-refractivity contribution in [3.63, 3.8) is 0 Å². The van der Waals surface area contributed by atoms with Crippen LogP contribution in [0.4, 0.5) is 0 Å². The maximum atomic E-state index is 5.59. The number of ether oxygens (including phenoxy) is 1. The van der Waals surface area contributed by atoms with Crippen LogP contribution in [0.5, 0.6) is 5.75 Å². The molecule has 0 radical (unpaired) electrons. The highest BCUT2D eigenvalue weighted by molar-refractivity contribution is 5.37. The van der Waals surface area contributed by atoms with Gasteiger partial charge in [0.15, 0.2) is 0 Å². The summed E-state index contributed by atoms with van der Waals surface area (Å²) in [7, 11) is 1.99. The third kappa shape index (κ3) is 3.40. The summed E-state index contributed by atoms with van der Waals surface area (Å²) in [6.07, 6.45) is 1.07. The summed E-state index contributed by atoms with van der Waals surface area (Å²) in [6, 6.07) is 17.3. The minimum atomic E-state index is 0.196. The quantitative estimate of drug-likeness (QED) is 0.857. The molecule has 1 atom stereocenters. The van der Waals surface area contributed by atoms with Gasteiger partial charge in [-0.05, 0) is 49.2 Å². The number of hydrogen-bond acceptors (Lipinski definition) is 2. The molecule has 20 heavy (non-hydrogen) atoms. The van der Waals surface area contributed by atoms with Gasteiger partial charge in [-0.2, -0.15) is 0 Å². The summed E-state index contributed by atoms with van der Waals surface area (Å²) >= 11 is 0. The largest absolute Gasteiger partial charge is 0.494 e. The van der Waals surface area contributed by atoms with Gasteiger partial charge in [-0.3, -0.25) is 0 Å². The predicted molar refractivity (Wildman–Crippen MR) is 84.3 cm³/mol. The molecule has 0 saturated carbocycles. The van der Waals surface area contributed by atoms with Crippen LogP contribution in [0.1, 0.15) is 36.6 Å². The van der Waals surface area contributed by atoms with Crippen LogP contribution in [0.2, 0.25) is 0 Å². The van der Waals surface area contributed by atoms with Crippen molar-refractivity contribution in [2.45, 2.75) is 26.3 Å². The van der Waals surface area contributed by atoms with Gasteiger partial charge in [0.1, 0.15) is 5.75 Å². The van der Waals surface area contributed by atoms with Crippen molar-refractivity contribution in [1.29, 1.82) is 0 Å². The highest BCUT2D eigenvalue weighted by Crippen LogP contribution is 2.25. The zero-order valence-electron chi connectivity index (χ0n) is 12.5. The maximum absolute atomic E-state index is 5.59. The van der Waals surface area contributed by atoms with E-state index in [0.717, 1.165) is 12.2 Å². The summed E-state index contributed by atoms with van der Waals surface area (Å²) in [5.41, 5.74) is 3.87. The molecule has 2 nitrogen and oxygen atoms in total. The van der Waals surface area contributed by atoms with Crippen LogP contribution in [0.25, 0.3) is 0 Å². The molecule has 0 aliphatic heterocycles. The average Bonchev–Trinajstić information content (AvgIpc) is 2.49. The van der Waals surface area contributed by atoms with Crippen molar-refractivity contribution >= 4 is 0 Å². The zero-order valence-corrected chi connectivity index (χ0v) is 12.5. The molecule has 0 fully saturated rings. The van der Waals surface area contributed by atoms with Crippen molar-refractivity contribution < 1.29 is 4.74 Å². The molecule has 0 spiro atoms. The van der Waals surface area contributed by atoms with Crippen LogP contribution in [-0.4, -0.2) is 13.7 Å². The fourth-order valence-corrected chi connectivity index (χ4v) is 2.42. The zero-order chi connectivity index (χ0) is 14.4. The second-order valence-electron chi connectivity index (χ2n) is 4.82. The molecule has 0 aliphatic carbocycles. The van der Waals surface area contributed by atoms with Crippen molar-refractivity contribution in [3.8, 4) is 5.75 Å². The normalized spacial score (nSPS) is 12.2. The van der Waals surface area contributed by atoms with E-state index in [9.17, 15) is 0 Å². The standard InChI is InChI=1S/C18H23NO/c1-4-14-9-11-15(12-10-14)18(19-3)16-7-6-8-17(13-16)20-5-2/h6-13,18-19H,4-5H2,1-3H3. The van der Waals surface area contributed by atoms with Crippen molar-refractivity contribution in [1.82, 2.24) is 5.32 Å². The molecule has 0 amide bonds. The van der Waals surface area contributed by atoms with E-state index in [4.69, 9.17) is 4.74 Å². The molecule has 106 valence electrons. The number of rotatable bonds is 6. The Morgan fingerprint density at radius 1 is 1.00 bits per heavy atom. The lowest BCUT2D eigenvalue weighted by Gasteiger charge is -2.18. The summed E-state index contributed by atoms with van der Waals surface area (Å²) in [5.74, 6) is 0.926. The predicted octanol–water partition coefficient (Wildman–Crippen LogP) is 3.96. The van der Waals surface area contributed by atoms with Gasteiger partial charge in [-0.1, -0.05) is 43.3 Å². The second-order valence-corrected chi connectivity index (χ2v) is 4.82. The Morgan fingerprint density at radius 3 is 2.35 bits per heavy atom. The van der Waals surface area contributed by atoms with Crippen molar-refractivity contribution in [2.75, 3.05) is 13.7 Å². The van der Waals surface area contributed by atoms with Gasteiger partial charge < -0.3 is 10.1 Å². The van der Waals surface area contributed by atoms with E-state index in [-0.39, 0.29) is 6.04 Å². The first-order chi connectivity index (χ1) is 9.78. The van der Waals surface area contributed by atoms with Gasteiger partial charge >= 0.3 is 0 Å². The Kier molecular flexibility index (Phi) is 5.19. The smallest absolute Gasteiger partial charge is 0.119 e. The lowest BCUT2D eigenvalue weighted by atomic mass is 9.97. The van der Waals surface area contributed by atoms with E-state index in [2.05, 4.69) is 48.6 Å². The van der Waals surface area contributed by atoms with Gasteiger partial charge in [-0.25, -0.2) is 0 Å². The number of hydrogen-bond donors (Lipinski definition) is 1. The summed E-state index contributed by atoms with van der Waals surface area (Å²) in [4.78, 5) is 0. The van der Waals surface area contributed by atoms with Crippen LogP contribution in [0.3, 0.4) is 0 Å². The molecule has 1 N–H and O–H groups in total. The Morgan fingerprint density at radius 2 is 1.75 bits per heavy atom. The van der Waals surface area contributed by atoms with E-state index in [1.807, 2.05) is 26.1 Å². The van der Waals surface area contributed by atoms with Crippen LogP contribution >= 0.6 is 0 Å². The first-order valence-corrected chi connectivity index (χ1v) is 7.27. The van der Waals surface area contributed by atoms with Crippen molar-refractivity contribution in [3.05, 3.63) is 65.2 Å². The summed E-state index contributed by atoms with van der Waals surface area (Å²) in [6.45, 7) is 4.88. The van der Waals surface area contributed by atoms with Crippen LogP contribution < -0.4 is 10.1 Å². The molecule has 0 heterocycles. The van der Waals surface area contributed by atoms with E-state index in [1.165, 1.54) is 16.7 Å². The summed E-state index contributed by atoms with van der Waals surface area (Å²) < 4.78 is 5.59. The number of nitrogens with one attached hydrogen (secondary N) is 1. The minimum absolute atomic E-state index is 0.196. The highest BCUT2D eigenvalue weighted by atomic mass is 16.5. The van der Waals surface area contributed by atoms with E-state index in [1.54, 1.807) is 0 Å². The first-order valence-electron chi connectivity index (χ1n) is 7.27. The van der Waals surface area contributed by atoms with Crippen LogP contribution in [-0.2, 0) is 6.42 Å². The Bertz CT molecular complexity index is 533. The fraction of sp³-hybridized carbons (Fsp3) is 0.333.